The van der Waals surface area contributed by atoms with Crippen molar-refractivity contribution in [2.45, 2.75) is 5.25 Å². The van der Waals surface area contributed by atoms with Crippen LogP contribution >= 0.6 is 21.6 Å². The van der Waals surface area contributed by atoms with E-state index in [2.05, 4.69) is 6.08 Å². The average molecular weight is 225 g/mol. The first kappa shape index (κ1) is 9.61. The molecule has 0 radical (unpaired) electrons. The molecular weight excluding hydrogens is 218 g/mol. The first-order valence-corrected chi connectivity index (χ1v) is 6.28. The normalized spacial score (nSPS) is 19.9. The van der Waals surface area contributed by atoms with Crippen LogP contribution in [0, 0.1) is 10.1 Å². The van der Waals surface area contributed by atoms with Crippen LogP contribution < -0.4 is 0 Å². The Hall–Kier alpha value is -0.940. The van der Waals surface area contributed by atoms with Crippen LogP contribution in [0.15, 0.2) is 35.7 Å². The van der Waals surface area contributed by atoms with Gasteiger partial charge in [-0.25, -0.2) is 0 Å². The van der Waals surface area contributed by atoms with Gasteiger partial charge < -0.3 is 0 Å². The third-order valence-corrected chi connectivity index (χ3v) is 4.21. The van der Waals surface area contributed by atoms with Gasteiger partial charge in [-0.2, -0.15) is 0 Å². The topological polar surface area (TPSA) is 43.1 Å². The van der Waals surface area contributed by atoms with Crippen molar-refractivity contribution in [3.63, 3.8) is 0 Å². The number of nitro groups is 1. The standard InChI is InChI=1S/C9H7NO2S2/c11-10(12)8-3-1-7(2-4-8)9-5-6-13-14-9/h1-6,9H. The molecule has 5 heteroatoms. The zero-order valence-corrected chi connectivity index (χ0v) is 8.75. The van der Waals surface area contributed by atoms with Crippen molar-refractivity contribution < 1.29 is 4.92 Å². The van der Waals surface area contributed by atoms with E-state index in [1.54, 1.807) is 33.7 Å². The minimum Gasteiger partial charge on any atom is -0.258 e. The highest BCUT2D eigenvalue weighted by atomic mass is 33.1. The second kappa shape index (κ2) is 4.06. The molecule has 0 bridgehead atoms. The maximum atomic E-state index is 10.4. The Balaban J connectivity index is 2.21. The Morgan fingerprint density at radius 1 is 1.29 bits per heavy atom. The van der Waals surface area contributed by atoms with Gasteiger partial charge in [-0.1, -0.05) is 39.8 Å². The Bertz CT molecular complexity index is 375. The van der Waals surface area contributed by atoms with Crippen molar-refractivity contribution >= 4 is 27.3 Å². The molecule has 2 rings (SSSR count). The van der Waals surface area contributed by atoms with Crippen LogP contribution in [0.3, 0.4) is 0 Å². The summed E-state index contributed by atoms with van der Waals surface area (Å²) in [5.74, 6) is 0. The number of rotatable bonds is 2. The molecule has 1 aromatic carbocycles. The molecule has 0 amide bonds. The number of hydrogen-bond donors (Lipinski definition) is 0. The molecule has 1 aliphatic rings. The summed E-state index contributed by atoms with van der Waals surface area (Å²) in [6.45, 7) is 0. The van der Waals surface area contributed by atoms with E-state index in [9.17, 15) is 10.1 Å². The Kier molecular flexibility index (Phi) is 2.79. The molecule has 1 atom stereocenters. The van der Waals surface area contributed by atoms with Crippen molar-refractivity contribution in [1.82, 2.24) is 0 Å². The van der Waals surface area contributed by atoms with Crippen LogP contribution in [-0.2, 0) is 0 Å². The fourth-order valence-electron chi connectivity index (χ4n) is 1.18. The van der Waals surface area contributed by atoms with Gasteiger partial charge in [-0.05, 0) is 11.0 Å². The molecule has 3 nitrogen and oxygen atoms in total. The van der Waals surface area contributed by atoms with Crippen molar-refractivity contribution in [3.8, 4) is 0 Å². The van der Waals surface area contributed by atoms with Gasteiger partial charge in [0.15, 0.2) is 0 Å². The molecule has 0 aromatic heterocycles. The summed E-state index contributed by atoms with van der Waals surface area (Å²) in [6, 6.07) is 6.72. The van der Waals surface area contributed by atoms with Gasteiger partial charge in [0.1, 0.15) is 0 Å². The summed E-state index contributed by atoms with van der Waals surface area (Å²) in [5, 5.41) is 12.8. The van der Waals surface area contributed by atoms with Gasteiger partial charge in [-0.15, -0.1) is 0 Å². The second-order valence-electron chi connectivity index (χ2n) is 2.79. The lowest BCUT2D eigenvalue weighted by atomic mass is 10.1. The van der Waals surface area contributed by atoms with Crippen molar-refractivity contribution in [2.75, 3.05) is 0 Å². The third kappa shape index (κ3) is 1.93. The Morgan fingerprint density at radius 3 is 2.50 bits per heavy atom. The van der Waals surface area contributed by atoms with E-state index >= 15 is 0 Å². The largest absolute Gasteiger partial charge is 0.269 e. The van der Waals surface area contributed by atoms with E-state index in [-0.39, 0.29) is 10.6 Å². The van der Waals surface area contributed by atoms with Crippen LogP contribution in [-0.4, -0.2) is 4.92 Å². The molecule has 0 fully saturated rings. The van der Waals surface area contributed by atoms with Gasteiger partial charge in [0.25, 0.3) is 5.69 Å². The van der Waals surface area contributed by atoms with E-state index in [1.165, 1.54) is 0 Å². The van der Waals surface area contributed by atoms with E-state index in [0.717, 1.165) is 5.56 Å². The highest BCUT2D eigenvalue weighted by molar-refractivity contribution is 8.78. The summed E-state index contributed by atoms with van der Waals surface area (Å²) in [5.41, 5.74) is 1.26. The number of nitro benzene ring substituents is 1. The summed E-state index contributed by atoms with van der Waals surface area (Å²) < 4.78 is 0. The highest BCUT2D eigenvalue weighted by Gasteiger charge is 2.14. The summed E-state index contributed by atoms with van der Waals surface area (Å²) in [7, 11) is 3.44. The fraction of sp³-hybridized carbons (Fsp3) is 0.111. The molecule has 1 heterocycles. The van der Waals surface area contributed by atoms with E-state index < -0.39 is 0 Å². The van der Waals surface area contributed by atoms with Crippen molar-refractivity contribution in [1.29, 1.82) is 0 Å². The minimum atomic E-state index is -0.379. The number of non-ortho nitro benzene ring substituents is 1. The number of nitrogens with zero attached hydrogens (tertiary/aromatic N) is 1. The number of hydrogen-bond acceptors (Lipinski definition) is 4. The first-order chi connectivity index (χ1) is 6.77. The van der Waals surface area contributed by atoms with Gasteiger partial charge in [0.05, 0.1) is 10.2 Å². The van der Waals surface area contributed by atoms with Crippen molar-refractivity contribution in [2.24, 2.45) is 0 Å². The molecular formula is C9H7NO2S2. The lowest BCUT2D eigenvalue weighted by molar-refractivity contribution is -0.384. The number of benzene rings is 1. The molecule has 1 unspecified atom stereocenters. The van der Waals surface area contributed by atoms with Crippen LogP contribution in [0.5, 0.6) is 0 Å². The molecule has 1 aromatic rings. The lowest BCUT2D eigenvalue weighted by Crippen LogP contribution is -1.90. The van der Waals surface area contributed by atoms with Gasteiger partial charge in [-0.3, -0.25) is 10.1 Å². The predicted molar refractivity (Wildman–Crippen MR) is 60.2 cm³/mol. The molecule has 0 aliphatic carbocycles. The van der Waals surface area contributed by atoms with Crippen molar-refractivity contribution in [3.05, 3.63) is 51.4 Å². The SMILES string of the molecule is O=[N+]([O-])c1ccc(C2C=CSS2)cc1. The predicted octanol–water partition coefficient (Wildman–Crippen LogP) is 3.54. The van der Waals surface area contributed by atoms with Crippen LogP contribution in [0.2, 0.25) is 0 Å². The van der Waals surface area contributed by atoms with Gasteiger partial charge >= 0.3 is 0 Å². The smallest absolute Gasteiger partial charge is 0.258 e. The maximum Gasteiger partial charge on any atom is 0.269 e. The average Bonchev–Trinajstić information content (AvgIpc) is 2.71. The Labute approximate surface area is 89.1 Å². The summed E-state index contributed by atoms with van der Waals surface area (Å²) in [4.78, 5) is 10.0. The summed E-state index contributed by atoms with van der Waals surface area (Å²) in [6.07, 6.45) is 2.09. The van der Waals surface area contributed by atoms with Crippen LogP contribution in [0.25, 0.3) is 0 Å². The molecule has 0 N–H and O–H groups in total. The van der Waals surface area contributed by atoms with Crippen LogP contribution in [0.1, 0.15) is 10.8 Å². The lowest BCUT2D eigenvalue weighted by Gasteiger charge is -2.05. The zero-order chi connectivity index (χ0) is 9.97. The summed E-state index contributed by atoms with van der Waals surface area (Å²) >= 11 is 0. The molecule has 0 saturated heterocycles. The molecule has 14 heavy (non-hydrogen) atoms. The van der Waals surface area contributed by atoms with E-state index in [4.69, 9.17) is 0 Å². The first-order valence-electron chi connectivity index (χ1n) is 4.00. The van der Waals surface area contributed by atoms with Gasteiger partial charge in [0, 0.05) is 12.1 Å². The quantitative estimate of drug-likeness (QED) is 0.438. The molecule has 1 aliphatic heterocycles. The third-order valence-electron chi connectivity index (χ3n) is 1.90. The monoisotopic (exact) mass is 225 g/mol. The molecule has 72 valence electrons. The molecule has 0 saturated carbocycles. The van der Waals surface area contributed by atoms with Crippen LogP contribution in [0.4, 0.5) is 5.69 Å². The zero-order valence-electron chi connectivity index (χ0n) is 7.12. The Morgan fingerprint density at radius 2 is 2.00 bits per heavy atom. The highest BCUT2D eigenvalue weighted by Crippen LogP contribution is 2.45. The fourth-order valence-corrected chi connectivity index (χ4v) is 3.37. The maximum absolute atomic E-state index is 10.4. The van der Waals surface area contributed by atoms with Gasteiger partial charge in [0.2, 0.25) is 0 Å². The minimum absolute atomic E-state index is 0.147. The van der Waals surface area contributed by atoms with E-state index in [0.29, 0.717) is 5.25 Å². The molecule has 0 spiro atoms. The van der Waals surface area contributed by atoms with E-state index in [1.807, 2.05) is 17.5 Å². The second-order valence-corrected chi connectivity index (χ2v) is 5.11.